The zero-order chi connectivity index (χ0) is 31.9. The number of esters is 1. The Bertz CT molecular complexity index is 1750. The van der Waals surface area contributed by atoms with Gasteiger partial charge in [0.25, 0.3) is 0 Å². The smallest absolute Gasteiger partial charge is 0.324 e. The van der Waals surface area contributed by atoms with Gasteiger partial charge in [0.1, 0.15) is 11.9 Å². The number of carbonyl (C=O) groups is 2. The molecule has 1 saturated heterocycles. The Hall–Kier alpha value is -3.67. The number of fused-ring (bicyclic) bond motifs is 6. The Morgan fingerprint density at radius 1 is 1.24 bits per heavy atom. The van der Waals surface area contributed by atoms with Crippen molar-refractivity contribution in [3.05, 3.63) is 57.9 Å². The lowest BCUT2D eigenvalue weighted by atomic mass is 9.93. The number of aryl methyl sites for hydroxylation is 2. The molecule has 1 amide bonds. The van der Waals surface area contributed by atoms with Crippen LogP contribution in [0.15, 0.2) is 35.8 Å². The molecule has 5 heterocycles. The van der Waals surface area contributed by atoms with E-state index in [1.807, 2.05) is 30.5 Å². The predicted octanol–water partition coefficient (Wildman–Crippen LogP) is 6.25. The molecule has 11 heteroatoms. The van der Waals surface area contributed by atoms with Crippen LogP contribution in [0.25, 0.3) is 33.4 Å². The van der Waals surface area contributed by atoms with Crippen molar-refractivity contribution in [1.29, 1.82) is 0 Å². The van der Waals surface area contributed by atoms with Gasteiger partial charge in [-0.2, -0.15) is 0 Å². The maximum atomic E-state index is 16.0. The van der Waals surface area contributed by atoms with Crippen LogP contribution >= 0.6 is 11.3 Å². The molecule has 1 N–H and O–H groups in total. The second-order valence-corrected chi connectivity index (χ2v) is 13.6. The fourth-order valence-electron chi connectivity index (χ4n) is 6.39. The van der Waals surface area contributed by atoms with Crippen LogP contribution in [0.5, 0.6) is 0 Å². The van der Waals surface area contributed by atoms with Crippen molar-refractivity contribution in [1.82, 2.24) is 25.0 Å². The molecule has 2 atom stereocenters. The minimum atomic E-state index is -0.586. The molecule has 6 rings (SSSR count). The van der Waals surface area contributed by atoms with Crippen LogP contribution in [0, 0.1) is 11.2 Å². The summed E-state index contributed by atoms with van der Waals surface area (Å²) < 4.78 is 29.9. The Labute approximate surface area is 266 Å². The van der Waals surface area contributed by atoms with Crippen molar-refractivity contribution in [2.24, 2.45) is 5.41 Å². The number of hydrazine groups is 1. The zero-order valence-corrected chi connectivity index (χ0v) is 27.3. The van der Waals surface area contributed by atoms with E-state index in [2.05, 4.69) is 30.8 Å². The number of halogens is 1. The van der Waals surface area contributed by atoms with E-state index >= 15 is 4.39 Å². The van der Waals surface area contributed by atoms with Gasteiger partial charge in [-0.1, -0.05) is 20.8 Å². The molecule has 0 radical (unpaired) electrons. The molecule has 4 aromatic rings. The second-order valence-electron chi connectivity index (χ2n) is 12.7. The predicted molar refractivity (Wildman–Crippen MR) is 172 cm³/mol. The Kier molecular flexibility index (Phi) is 8.78. The fraction of sp³-hybridized carbons (Fsp3) is 0.471. The van der Waals surface area contributed by atoms with Gasteiger partial charge in [-0.3, -0.25) is 19.6 Å². The van der Waals surface area contributed by atoms with Crippen molar-refractivity contribution >= 4 is 34.1 Å². The monoisotopic (exact) mass is 633 g/mol. The highest BCUT2D eigenvalue weighted by Gasteiger charge is 2.33. The van der Waals surface area contributed by atoms with Crippen molar-refractivity contribution < 1.29 is 23.5 Å². The highest BCUT2D eigenvalue weighted by atomic mass is 32.1. The number of nitrogens with one attached hydrogen (secondary N) is 1. The van der Waals surface area contributed by atoms with Gasteiger partial charge in [0.15, 0.2) is 0 Å². The average molecular weight is 634 g/mol. The van der Waals surface area contributed by atoms with Crippen LogP contribution in [0.4, 0.5) is 4.39 Å². The lowest BCUT2D eigenvalue weighted by Gasteiger charge is -2.34. The minimum absolute atomic E-state index is 0.103. The quantitative estimate of drug-likeness (QED) is 0.266. The molecule has 1 aromatic carbocycles. The SMILES string of the molecule is CCc1c(-c2cccnc2[C@H](C)OC)n2c3cc(c(F)cc13)-c1csc(n1)CCC(=O)N1CCC[C@H](N1)C(=O)OCC(C)(C)C2. The molecule has 9 nitrogen and oxygen atoms in total. The lowest BCUT2D eigenvalue weighted by molar-refractivity contribution is -0.154. The number of ether oxygens (including phenoxy) is 2. The largest absolute Gasteiger partial charge is 0.464 e. The Morgan fingerprint density at radius 3 is 2.84 bits per heavy atom. The van der Waals surface area contributed by atoms with Gasteiger partial charge in [-0.05, 0) is 56.0 Å². The second kappa shape index (κ2) is 12.6. The molecule has 2 aliphatic heterocycles. The summed E-state index contributed by atoms with van der Waals surface area (Å²) in [5.41, 5.74) is 8.10. The zero-order valence-electron chi connectivity index (χ0n) is 26.5. The standard InChI is InChI=1S/C34H40FN5O4S/c1-6-21-23-15-25(35)24-16-28(23)39(32(21)22-9-7-13-36-31(22)20(2)43-5)18-34(3,4)19-44-33(42)26-10-8-14-40(38-26)30(41)12-11-29-37-27(24)17-45-29/h7,9,13,15-17,20,26,38H,6,8,10-12,14,18-19H2,1-5H3/t20-,26-/m0/s1. The van der Waals surface area contributed by atoms with Crippen molar-refractivity contribution in [3.8, 4) is 22.5 Å². The van der Waals surface area contributed by atoms with Crippen LogP contribution in [0.2, 0.25) is 0 Å². The summed E-state index contributed by atoms with van der Waals surface area (Å²) in [5.74, 6) is -0.823. The summed E-state index contributed by atoms with van der Waals surface area (Å²) >= 11 is 1.42. The van der Waals surface area contributed by atoms with E-state index < -0.39 is 11.5 Å². The van der Waals surface area contributed by atoms with Crippen molar-refractivity contribution in [2.45, 2.75) is 78.5 Å². The number of nitrogens with zero attached hydrogens (tertiary/aromatic N) is 4. The number of cyclic esters (lactones) is 1. The Balaban J connectivity index is 1.55. The highest BCUT2D eigenvalue weighted by molar-refractivity contribution is 7.09. The van der Waals surface area contributed by atoms with Gasteiger partial charge in [-0.25, -0.2) is 14.8 Å². The molecule has 238 valence electrons. The number of benzene rings is 1. The van der Waals surface area contributed by atoms with E-state index in [0.29, 0.717) is 50.0 Å². The normalized spacial score (nSPS) is 19.8. The van der Waals surface area contributed by atoms with E-state index in [1.165, 1.54) is 16.3 Å². The van der Waals surface area contributed by atoms with Gasteiger partial charge in [0.05, 0.1) is 34.8 Å². The van der Waals surface area contributed by atoms with Gasteiger partial charge in [-0.15, -0.1) is 11.3 Å². The van der Waals surface area contributed by atoms with Crippen LogP contribution in [-0.4, -0.2) is 57.7 Å². The molecule has 3 aromatic heterocycles. The van der Waals surface area contributed by atoms with E-state index in [1.54, 1.807) is 19.4 Å². The van der Waals surface area contributed by atoms with E-state index in [9.17, 15) is 9.59 Å². The number of pyridine rings is 1. The topological polar surface area (TPSA) is 98.6 Å². The van der Waals surface area contributed by atoms with E-state index in [-0.39, 0.29) is 36.8 Å². The molecular weight excluding hydrogens is 593 g/mol. The van der Waals surface area contributed by atoms with Gasteiger partial charge in [0.2, 0.25) is 5.91 Å². The van der Waals surface area contributed by atoms with Crippen LogP contribution in [-0.2, 0) is 38.4 Å². The third-order valence-electron chi connectivity index (χ3n) is 8.79. The number of hydrogen-bond acceptors (Lipinski definition) is 8. The molecule has 0 spiro atoms. The van der Waals surface area contributed by atoms with E-state index in [4.69, 9.17) is 19.4 Å². The molecule has 1 fully saturated rings. The number of aromatic nitrogens is 3. The molecule has 6 bridgehead atoms. The summed E-state index contributed by atoms with van der Waals surface area (Å²) in [4.78, 5) is 35.7. The van der Waals surface area contributed by atoms with Gasteiger partial charge in [0, 0.05) is 72.1 Å². The molecule has 0 saturated carbocycles. The summed E-state index contributed by atoms with van der Waals surface area (Å²) in [6, 6.07) is 6.87. The molecule has 45 heavy (non-hydrogen) atoms. The summed E-state index contributed by atoms with van der Waals surface area (Å²) in [6.07, 6.45) is 4.13. The van der Waals surface area contributed by atoms with Crippen LogP contribution in [0.1, 0.15) is 69.3 Å². The number of rotatable bonds is 4. The summed E-state index contributed by atoms with van der Waals surface area (Å²) in [5, 5.41) is 4.97. The summed E-state index contributed by atoms with van der Waals surface area (Å²) in [6.45, 7) is 9.33. The van der Waals surface area contributed by atoms with Crippen LogP contribution in [0.3, 0.4) is 0 Å². The molecule has 0 unspecified atom stereocenters. The maximum absolute atomic E-state index is 16.0. The molecular formula is C34H40FN5O4S. The molecule has 0 aliphatic carbocycles. The first kappa shape index (κ1) is 31.3. The first-order valence-electron chi connectivity index (χ1n) is 15.6. The third-order valence-corrected chi connectivity index (χ3v) is 9.69. The first-order valence-corrected chi connectivity index (χ1v) is 16.5. The lowest BCUT2D eigenvalue weighted by Crippen LogP contribution is -2.55. The number of thiazole rings is 1. The Morgan fingerprint density at radius 2 is 2.07 bits per heavy atom. The van der Waals surface area contributed by atoms with Gasteiger partial charge >= 0.3 is 5.97 Å². The highest BCUT2D eigenvalue weighted by Crippen LogP contribution is 2.41. The van der Waals surface area contributed by atoms with Gasteiger partial charge < -0.3 is 14.0 Å². The number of amides is 1. The van der Waals surface area contributed by atoms with Crippen LogP contribution < -0.4 is 5.43 Å². The number of hydrogen-bond donors (Lipinski definition) is 1. The summed E-state index contributed by atoms with van der Waals surface area (Å²) in [7, 11) is 1.66. The van der Waals surface area contributed by atoms with Crippen molar-refractivity contribution in [2.75, 3.05) is 20.3 Å². The number of carbonyl (C=O) groups excluding carboxylic acids is 2. The van der Waals surface area contributed by atoms with Crippen molar-refractivity contribution in [3.63, 3.8) is 0 Å². The fourth-order valence-corrected chi connectivity index (χ4v) is 7.19. The molecule has 2 aliphatic rings. The van der Waals surface area contributed by atoms with E-state index in [0.717, 1.165) is 38.4 Å². The average Bonchev–Trinajstić information content (AvgIpc) is 3.63. The maximum Gasteiger partial charge on any atom is 0.324 e. The third kappa shape index (κ3) is 6.13. The number of methoxy groups -OCH3 is 1. The minimum Gasteiger partial charge on any atom is -0.464 e. The first-order chi connectivity index (χ1) is 21.6.